The second kappa shape index (κ2) is 7.29. The van der Waals surface area contributed by atoms with E-state index < -0.39 is 46.3 Å². The zero-order chi connectivity index (χ0) is 17.8. The van der Waals surface area contributed by atoms with Gasteiger partial charge in [0.15, 0.2) is 28.6 Å². The molecule has 0 amide bonds. The summed E-state index contributed by atoms with van der Waals surface area (Å²) in [6, 6.07) is 9.79. The topological polar surface area (TPSA) is 78.9 Å². The van der Waals surface area contributed by atoms with Crippen LogP contribution in [0.1, 0.15) is 0 Å². The van der Waals surface area contributed by atoms with Crippen molar-refractivity contribution in [1.29, 1.82) is 0 Å². The van der Waals surface area contributed by atoms with Crippen LogP contribution in [0.4, 0.5) is 8.78 Å². The van der Waals surface area contributed by atoms with E-state index in [-0.39, 0.29) is 0 Å². The number of benzene rings is 2. The highest BCUT2D eigenvalue weighted by Crippen LogP contribution is 2.50. The van der Waals surface area contributed by atoms with Gasteiger partial charge in [-0.1, -0.05) is 24.3 Å². The molecule has 0 aromatic heterocycles. The first-order chi connectivity index (χ1) is 11.2. The molecule has 0 fully saturated rings. The van der Waals surface area contributed by atoms with Gasteiger partial charge in [0.25, 0.3) is 10.1 Å². The quantitative estimate of drug-likeness (QED) is 0.542. The van der Waals surface area contributed by atoms with E-state index in [0.717, 1.165) is 31.4 Å². The third kappa shape index (κ3) is 4.77. The molecule has 0 saturated heterocycles. The van der Waals surface area contributed by atoms with E-state index in [1.807, 2.05) is 0 Å². The molecule has 0 unspecified atom stereocenters. The van der Waals surface area contributed by atoms with E-state index >= 15 is 0 Å². The minimum Gasteiger partial charge on any atom is -0.412 e. The first-order valence-electron chi connectivity index (χ1n) is 6.50. The van der Waals surface area contributed by atoms with Crippen molar-refractivity contribution in [2.24, 2.45) is 0 Å². The maximum absolute atomic E-state index is 13.7. The van der Waals surface area contributed by atoms with Gasteiger partial charge in [0, 0.05) is 0 Å². The van der Waals surface area contributed by atoms with Gasteiger partial charge in [-0.3, -0.25) is 4.18 Å². The average molecular weight is 378 g/mol. The first kappa shape index (κ1) is 18.4. The van der Waals surface area contributed by atoms with Gasteiger partial charge in [0.2, 0.25) is 0 Å². The van der Waals surface area contributed by atoms with Gasteiger partial charge in [-0.15, -0.1) is 0 Å². The molecule has 0 aliphatic heterocycles. The average Bonchev–Trinajstić information content (AvgIpc) is 2.51. The van der Waals surface area contributed by atoms with Crippen molar-refractivity contribution < 1.29 is 35.0 Å². The summed E-state index contributed by atoms with van der Waals surface area (Å²) >= 11 is 0. The molecule has 0 bridgehead atoms. The fourth-order valence-corrected chi connectivity index (χ4v) is 4.98. The fraction of sp³-hybridized carbons (Fsp3) is 0.143. The molecule has 0 spiro atoms. The molecule has 0 N–H and O–H groups in total. The van der Waals surface area contributed by atoms with Gasteiger partial charge >= 0.3 is 7.60 Å². The Kier molecular flexibility index (Phi) is 5.58. The lowest BCUT2D eigenvalue weighted by Crippen LogP contribution is -2.15. The lowest BCUT2D eigenvalue weighted by atomic mass is 10.3. The third-order valence-electron chi connectivity index (χ3n) is 2.72. The van der Waals surface area contributed by atoms with Crippen molar-refractivity contribution >= 4 is 17.7 Å². The summed E-state index contributed by atoms with van der Waals surface area (Å²) in [5.74, 6) is -2.76. The van der Waals surface area contributed by atoms with Gasteiger partial charge in [-0.2, -0.15) is 8.42 Å². The molecule has 10 heteroatoms. The number of hydrogen-bond donors (Lipinski definition) is 0. The normalized spacial score (nSPS) is 12.0. The van der Waals surface area contributed by atoms with Crippen molar-refractivity contribution in [3.05, 3.63) is 60.2 Å². The van der Waals surface area contributed by atoms with E-state index in [2.05, 4.69) is 4.18 Å². The first-order valence-corrected chi connectivity index (χ1v) is 9.81. The largest absolute Gasteiger partial charge is 0.448 e. The lowest BCUT2D eigenvalue weighted by Gasteiger charge is -2.20. The van der Waals surface area contributed by atoms with Crippen LogP contribution in [0.5, 0.6) is 11.5 Å². The SMILES string of the molecule is COS(=O)(=O)CP(=O)(Oc1ccccc1F)Oc1ccccc1F. The highest BCUT2D eigenvalue weighted by atomic mass is 32.2. The molecule has 2 aromatic carbocycles. The minimum atomic E-state index is -4.55. The van der Waals surface area contributed by atoms with Crippen LogP contribution in [0.25, 0.3) is 0 Å². The highest BCUT2D eigenvalue weighted by Gasteiger charge is 2.37. The molecule has 0 aliphatic carbocycles. The van der Waals surface area contributed by atoms with E-state index in [9.17, 15) is 21.8 Å². The van der Waals surface area contributed by atoms with Crippen LogP contribution in [0.2, 0.25) is 0 Å². The number of hydrogen-bond acceptors (Lipinski definition) is 6. The second-order valence-electron chi connectivity index (χ2n) is 4.51. The minimum absolute atomic E-state index is 0.497. The van der Waals surface area contributed by atoms with Gasteiger partial charge in [0.05, 0.1) is 7.11 Å². The van der Waals surface area contributed by atoms with Gasteiger partial charge in [-0.25, -0.2) is 13.3 Å². The predicted octanol–water partition coefficient (Wildman–Crippen LogP) is 3.55. The number of halogens is 2. The van der Waals surface area contributed by atoms with Gasteiger partial charge in [-0.05, 0) is 24.3 Å². The third-order valence-corrected chi connectivity index (χ3v) is 6.71. The van der Waals surface area contributed by atoms with E-state index in [1.54, 1.807) is 0 Å². The number of rotatable bonds is 7. The molecule has 6 nitrogen and oxygen atoms in total. The Balaban J connectivity index is 2.40. The highest BCUT2D eigenvalue weighted by molar-refractivity contribution is 7.93. The Morgan fingerprint density at radius 1 is 0.917 bits per heavy atom. The van der Waals surface area contributed by atoms with E-state index in [1.165, 1.54) is 24.3 Å². The zero-order valence-electron chi connectivity index (χ0n) is 12.4. The van der Waals surface area contributed by atoms with Crippen molar-refractivity contribution in [2.45, 2.75) is 0 Å². The molecule has 0 heterocycles. The van der Waals surface area contributed by atoms with Crippen LogP contribution in [0.15, 0.2) is 48.5 Å². The summed E-state index contributed by atoms with van der Waals surface area (Å²) in [5, 5.41) is 0. The Bertz CT molecular complexity index is 820. The van der Waals surface area contributed by atoms with Crippen molar-refractivity contribution in [1.82, 2.24) is 0 Å². The smallest absolute Gasteiger partial charge is 0.412 e. The monoisotopic (exact) mass is 378 g/mol. The molecule has 2 rings (SSSR count). The molecule has 0 radical (unpaired) electrons. The summed E-state index contributed by atoms with van der Waals surface area (Å²) < 4.78 is 77.6. The fourth-order valence-electron chi connectivity index (χ4n) is 1.65. The molecule has 0 atom stereocenters. The summed E-state index contributed by atoms with van der Waals surface area (Å²) in [5.41, 5.74) is -1.22. The molecular weight excluding hydrogens is 365 g/mol. The molecule has 24 heavy (non-hydrogen) atoms. The number of para-hydroxylation sites is 2. The second-order valence-corrected chi connectivity index (χ2v) is 8.58. The lowest BCUT2D eigenvalue weighted by molar-refractivity contribution is 0.364. The predicted molar refractivity (Wildman–Crippen MR) is 82.5 cm³/mol. The van der Waals surface area contributed by atoms with Crippen molar-refractivity contribution in [2.75, 3.05) is 12.6 Å². The summed E-state index contributed by atoms with van der Waals surface area (Å²) in [6.07, 6.45) is 0. The Hall–Kier alpha value is -1.96. The standard InChI is InChI=1S/C14H13F2O6PS/c1-20-24(18,19)10-23(17,21-13-8-4-2-6-11(13)15)22-14-9-5-3-7-12(14)16/h2-9H,10H2,1H3. The summed E-state index contributed by atoms with van der Waals surface area (Å²) in [7, 11) is -8.00. The zero-order valence-corrected chi connectivity index (χ0v) is 14.1. The maximum Gasteiger partial charge on any atom is 0.448 e. The van der Waals surface area contributed by atoms with Crippen LogP contribution >= 0.6 is 7.60 Å². The van der Waals surface area contributed by atoms with Crippen molar-refractivity contribution in [3.8, 4) is 11.5 Å². The van der Waals surface area contributed by atoms with Gasteiger partial charge < -0.3 is 9.05 Å². The Morgan fingerprint density at radius 3 is 1.71 bits per heavy atom. The van der Waals surface area contributed by atoms with Crippen LogP contribution in [-0.2, 0) is 18.9 Å². The molecule has 2 aromatic rings. The summed E-state index contributed by atoms with van der Waals surface area (Å²) in [4.78, 5) is 0. The van der Waals surface area contributed by atoms with Crippen molar-refractivity contribution in [3.63, 3.8) is 0 Å². The molecule has 0 saturated carbocycles. The van der Waals surface area contributed by atoms with Crippen LogP contribution in [0.3, 0.4) is 0 Å². The van der Waals surface area contributed by atoms with Crippen LogP contribution in [0, 0.1) is 11.6 Å². The van der Waals surface area contributed by atoms with Crippen LogP contribution < -0.4 is 9.05 Å². The Labute approximate surface area is 137 Å². The van der Waals surface area contributed by atoms with Gasteiger partial charge in [0.1, 0.15) is 0 Å². The molecular formula is C14H13F2O6PS. The maximum atomic E-state index is 13.7. The van der Waals surface area contributed by atoms with E-state index in [0.29, 0.717) is 0 Å². The molecule has 130 valence electrons. The molecule has 0 aliphatic rings. The Morgan fingerprint density at radius 2 is 1.33 bits per heavy atom. The summed E-state index contributed by atoms with van der Waals surface area (Å²) in [6.45, 7) is 0. The van der Waals surface area contributed by atoms with E-state index in [4.69, 9.17) is 9.05 Å². The van der Waals surface area contributed by atoms with Crippen LogP contribution in [-0.4, -0.2) is 21.0 Å².